The number of halogens is 2. The Hall–Kier alpha value is -4.67. The van der Waals surface area contributed by atoms with Crippen LogP contribution in [0.1, 0.15) is 35.2 Å². The normalized spacial score (nSPS) is 14.6. The highest BCUT2D eigenvalue weighted by Gasteiger charge is 2.31. The number of fused-ring (bicyclic) bond motifs is 1. The minimum atomic E-state index is -0.270. The number of hydrogen-bond donors (Lipinski definition) is 2. The van der Waals surface area contributed by atoms with Crippen molar-refractivity contribution in [3.8, 4) is 17.2 Å². The molecule has 0 amide bonds. The van der Waals surface area contributed by atoms with Gasteiger partial charge in [-0.05, 0) is 54.4 Å². The highest BCUT2D eigenvalue weighted by molar-refractivity contribution is 6.29. The van der Waals surface area contributed by atoms with Gasteiger partial charge in [-0.15, -0.1) is 0 Å². The van der Waals surface area contributed by atoms with E-state index in [0.717, 1.165) is 46.3 Å². The summed E-state index contributed by atoms with van der Waals surface area (Å²) in [5.41, 5.74) is 5.65. The number of hydrogen-bond acceptors (Lipinski definition) is 8. The summed E-state index contributed by atoms with van der Waals surface area (Å²) < 4.78 is 26.8. The summed E-state index contributed by atoms with van der Waals surface area (Å²) in [7, 11) is 3.28. The second-order valence-corrected chi connectivity index (χ2v) is 10.9. The van der Waals surface area contributed by atoms with E-state index in [2.05, 4.69) is 32.7 Å². The summed E-state index contributed by atoms with van der Waals surface area (Å²) in [4.78, 5) is 16.4. The number of methoxy groups -OCH3 is 2. The first-order chi connectivity index (χ1) is 21.4. The van der Waals surface area contributed by atoms with Crippen molar-refractivity contribution < 1.29 is 13.9 Å². The molecule has 1 aliphatic heterocycles. The molecule has 0 fully saturated rings. The molecule has 0 radical (unpaired) electrons. The van der Waals surface area contributed by atoms with Crippen molar-refractivity contribution in [2.75, 3.05) is 37.9 Å². The Balaban J connectivity index is 1.36. The number of nitrogens with one attached hydrogen (secondary N) is 2. The fourth-order valence-electron chi connectivity index (χ4n) is 5.54. The molecule has 3 heterocycles. The van der Waals surface area contributed by atoms with Crippen molar-refractivity contribution >= 4 is 29.1 Å². The standard InChI is InChI=1S/C33H33ClFN7O2/c1-4-36-32-27-18-41(16-21-5-12-25(43-2)13-6-21)17-26(22-7-9-23(35)10-8-22)31(27)39-33(40-32)38-24-11-14-28(29(15-24)44-3)42-19-30(34)37-20-42/h5-15,19-20,26H,4,16-18H2,1-3H3,(H2,36,38,39,40). The number of imidazole rings is 1. The lowest BCUT2D eigenvalue weighted by atomic mass is 9.88. The van der Waals surface area contributed by atoms with Crippen LogP contribution >= 0.6 is 11.6 Å². The van der Waals surface area contributed by atoms with Gasteiger partial charge in [-0.2, -0.15) is 4.98 Å². The van der Waals surface area contributed by atoms with Gasteiger partial charge in [0.15, 0.2) is 0 Å². The van der Waals surface area contributed by atoms with Crippen molar-refractivity contribution in [2.24, 2.45) is 0 Å². The van der Waals surface area contributed by atoms with E-state index >= 15 is 0 Å². The molecule has 0 spiro atoms. The summed E-state index contributed by atoms with van der Waals surface area (Å²) in [6, 6.07) is 20.5. The highest BCUT2D eigenvalue weighted by Crippen LogP contribution is 2.37. The summed E-state index contributed by atoms with van der Waals surface area (Å²) in [6.45, 7) is 4.85. The first-order valence-electron chi connectivity index (χ1n) is 14.3. The van der Waals surface area contributed by atoms with E-state index in [1.54, 1.807) is 31.3 Å². The van der Waals surface area contributed by atoms with Crippen LogP contribution in [-0.4, -0.2) is 51.7 Å². The van der Waals surface area contributed by atoms with Gasteiger partial charge in [0.1, 0.15) is 34.6 Å². The molecule has 0 saturated carbocycles. The molecule has 11 heteroatoms. The lowest BCUT2D eigenvalue weighted by Crippen LogP contribution is -2.35. The van der Waals surface area contributed by atoms with E-state index in [9.17, 15) is 4.39 Å². The van der Waals surface area contributed by atoms with Crippen molar-refractivity contribution in [1.82, 2.24) is 24.4 Å². The molecule has 0 bridgehead atoms. The molecule has 0 aliphatic carbocycles. The van der Waals surface area contributed by atoms with Crippen LogP contribution in [0.2, 0.25) is 5.15 Å². The van der Waals surface area contributed by atoms with Crippen LogP contribution in [-0.2, 0) is 13.1 Å². The van der Waals surface area contributed by atoms with Crippen LogP contribution in [0.25, 0.3) is 5.69 Å². The Bertz CT molecular complexity index is 1740. The van der Waals surface area contributed by atoms with Gasteiger partial charge in [0, 0.05) is 55.6 Å². The molecular formula is C33H33ClFN7O2. The maximum absolute atomic E-state index is 14.0. The number of ether oxygens (including phenoxy) is 2. The highest BCUT2D eigenvalue weighted by atomic mass is 35.5. The molecule has 3 aromatic carbocycles. The topological polar surface area (TPSA) is 89.4 Å². The van der Waals surface area contributed by atoms with Gasteiger partial charge in [0.05, 0.1) is 25.6 Å². The Morgan fingerprint density at radius 2 is 1.80 bits per heavy atom. The van der Waals surface area contributed by atoms with Crippen LogP contribution in [0, 0.1) is 5.82 Å². The SMILES string of the molecule is CCNc1nc(Nc2ccc(-n3cnc(Cl)c3)c(OC)c2)nc2c1CN(Cc1ccc(OC)cc1)CC2c1ccc(F)cc1. The number of rotatable bonds is 10. The van der Waals surface area contributed by atoms with Crippen LogP contribution < -0.4 is 20.1 Å². The van der Waals surface area contributed by atoms with Gasteiger partial charge in [0.25, 0.3) is 0 Å². The number of anilines is 3. The zero-order valence-electron chi connectivity index (χ0n) is 24.7. The van der Waals surface area contributed by atoms with Crippen molar-refractivity contribution in [2.45, 2.75) is 25.9 Å². The fourth-order valence-corrected chi connectivity index (χ4v) is 5.69. The first-order valence-corrected chi connectivity index (χ1v) is 14.7. The van der Waals surface area contributed by atoms with Crippen molar-refractivity contribution in [3.63, 3.8) is 0 Å². The monoisotopic (exact) mass is 613 g/mol. The van der Waals surface area contributed by atoms with Crippen LogP contribution in [0.15, 0.2) is 79.3 Å². The van der Waals surface area contributed by atoms with Crippen molar-refractivity contribution in [1.29, 1.82) is 0 Å². The van der Waals surface area contributed by atoms with E-state index in [-0.39, 0.29) is 11.7 Å². The van der Waals surface area contributed by atoms with E-state index in [1.807, 2.05) is 49.4 Å². The average Bonchev–Trinajstić information content (AvgIpc) is 3.47. The lowest BCUT2D eigenvalue weighted by molar-refractivity contribution is 0.229. The van der Waals surface area contributed by atoms with Gasteiger partial charge in [0.2, 0.25) is 5.95 Å². The second kappa shape index (κ2) is 12.9. The number of nitrogens with zero attached hydrogens (tertiary/aromatic N) is 5. The van der Waals surface area contributed by atoms with Gasteiger partial charge in [-0.3, -0.25) is 4.90 Å². The molecule has 1 atom stereocenters. The summed E-state index contributed by atoms with van der Waals surface area (Å²) in [5.74, 6) is 2.31. The lowest BCUT2D eigenvalue weighted by Gasteiger charge is -2.35. The van der Waals surface area contributed by atoms with Crippen LogP contribution in [0.5, 0.6) is 11.5 Å². The summed E-state index contributed by atoms with van der Waals surface area (Å²) in [5, 5.41) is 7.23. The average molecular weight is 614 g/mol. The molecule has 2 aromatic heterocycles. The molecule has 1 unspecified atom stereocenters. The molecule has 226 valence electrons. The van der Waals surface area contributed by atoms with Gasteiger partial charge in [-0.25, -0.2) is 14.4 Å². The Morgan fingerprint density at radius 3 is 2.48 bits per heavy atom. The van der Waals surface area contributed by atoms with E-state index in [4.69, 9.17) is 31.0 Å². The van der Waals surface area contributed by atoms with Crippen LogP contribution in [0.4, 0.5) is 21.8 Å². The molecule has 0 saturated heterocycles. The van der Waals surface area contributed by atoms with E-state index in [1.165, 1.54) is 17.7 Å². The predicted octanol–water partition coefficient (Wildman–Crippen LogP) is 6.80. The smallest absolute Gasteiger partial charge is 0.229 e. The maximum Gasteiger partial charge on any atom is 0.229 e. The molecule has 9 nitrogen and oxygen atoms in total. The third-order valence-electron chi connectivity index (χ3n) is 7.64. The fraction of sp³-hybridized carbons (Fsp3) is 0.242. The Kier molecular flexibility index (Phi) is 8.63. The Morgan fingerprint density at radius 1 is 1.00 bits per heavy atom. The molecular weight excluding hydrogens is 581 g/mol. The predicted molar refractivity (Wildman–Crippen MR) is 170 cm³/mol. The summed E-state index contributed by atoms with van der Waals surface area (Å²) in [6.07, 6.45) is 3.35. The maximum atomic E-state index is 14.0. The zero-order chi connectivity index (χ0) is 30.6. The van der Waals surface area contributed by atoms with E-state index in [0.29, 0.717) is 36.5 Å². The first kappa shape index (κ1) is 29.4. The van der Waals surface area contributed by atoms with Gasteiger partial charge >= 0.3 is 0 Å². The zero-order valence-corrected chi connectivity index (χ0v) is 25.5. The molecule has 6 rings (SSSR count). The molecule has 5 aromatic rings. The van der Waals surface area contributed by atoms with Crippen molar-refractivity contribution in [3.05, 3.63) is 113 Å². The second-order valence-electron chi connectivity index (χ2n) is 10.5. The third kappa shape index (κ3) is 6.31. The molecule has 1 aliphatic rings. The minimum absolute atomic E-state index is 0.0959. The molecule has 2 N–H and O–H groups in total. The Labute approximate surface area is 260 Å². The summed E-state index contributed by atoms with van der Waals surface area (Å²) >= 11 is 6.03. The van der Waals surface area contributed by atoms with E-state index < -0.39 is 0 Å². The minimum Gasteiger partial charge on any atom is -0.497 e. The third-order valence-corrected chi connectivity index (χ3v) is 7.83. The number of benzene rings is 3. The molecule has 44 heavy (non-hydrogen) atoms. The van der Waals surface area contributed by atoms with Gasteiger partial charge in [-0.1, -0.05) is 35.9 Å². The number of aromatic nitrogens is 4. The quantitative estimate of drug-likeness (QED) is 0.178. The van der Waals surface area contributed by atoms with Gasteiger partial charge < -0.3 is 24.7 Å². The largest absolute Gasteiger partial charge is 0.497 e. The van der Waals surface area contributed by atoms with Crippen LogP contribution in [0.3, 0.4) is 0 Å².